The van der Waals surface area contributed by atoms with Gasteiger partial charge >= 0.3 is 12.4 Å². The molecule has 2 aromatic rings. The molecule has 1 heterocycles. The van der Waals surface area contributed by atoms with E-state index in [4.69, 9.17) is 14.2 Å². The third kappa shape index (κ3) is 7.69. The Kier molecular flexibility index (Phi) is 8.88. The van der Waals surface area contributed by atoms with Gasteiger partial charge in [-0.3, -0.25) is 0 Å². The van der Waals surface area contributed by atoms with E-state index < -0.39 is 35.0 Å². The average Bonchev–Trinajstić information content (AvgIpc) is 2.82. The van der Waals surface area contributed by atoms with Crippen molar-refractivity contribution in [2.45, 2.75) is 69.7 Å². The van der Waals surface area contributed by atoms with Crippen LogP contribution in [0.4, 0.5) is 26.3 Å². The third-order valence-electron chi connectivity index (χ3n) is 6.27. The van der Waals surface area contributed by atoms with E-state index in [1.165, 1.54) is 6.92 Å². The molecule has 0 N–H and O–H groups in total. The van der Waals surface area contributed by atoms with E-state index in [9.17, 15) is 26.3 Å². The van der Waals surface area contributed by atoms with Crippen molar-refractivity contribution in [1.29, 1.82) is 0 Å². The summed E-state index contributed by atoms with van der Waals surface area (Å²) in [5, 5.41) is 0. The standard InChI is InChI=1S/C26H30F6O3/c1-18(19-14-21(25(27,28)29)16-22(15-19)26(30,31)32)35-17-24(2,20-8-4-3-5-9-20)11-6-10-23-33-12-7-13-34-23/h3-5,8-9,14-16,18,23H,6-7,10-13,17H2,1-2H3/t18-,24+/m1/s1. The van der Waals surface area contributed by atoms with Crippen LogP contribution in [0.1, 0.15) is 67.9 Å². The highest BCUT2D eigenvalue weighted by molar-refractivity contribution is 5.35. The highest BCUT2D eigenvalue weighted by Crippen LogP contribution is 2.39. The molecule has 9 heteroatoms. The summed E-state index contributed by atoms with van der Waals surface area (Å²) in [6.45, 7) is 4.86. The Morgan fingerprint density at radius 2 is 1.46 bits per heavy atom. The minimum atomic E-state index is -4.91. The van der Waals surface area contributed by atoms with Crippen LogP contribution < -0.4 is 0 Å². The first-order chi connectivity index (χ1) is 16.4. The second kappa shape index (κ2) is 11.3. The minimum absolute atomic E-state index is 0.113. The highest BCUT2D eigenvalue weighted by atomic mass is 19.4. The molecule has 2 aromatic carbocycles. The molecule has 1 aliphatic heterocycles. The second-order valence-electron chi connectivity index (χ2n) is 9.14. The van der Waals surface area contributed by atoms with E-state index in [0.717, 1.165) is 30.5 Å². The van der Waals surface area contributed by atoms with Crippen LogP contribution in [0.5, 0.6) is 0 Å². The first kappa shape index (κ1) is 27.5. The fraction of sp³-hybridized carbons (Fsp3) is 0.538. The van der Waals surface area contributed by atoms with Crippen LogP contribution in [0.2, 0.25) is 0 Å². The number of ether oxygens (including phenoxy) is 3. The van der Waals surface area contributed by atoms with E-state index in [1.807, 2.05) is 37.3 Å². The molecule has 35 heavy (non-hydrogen) atoms. The van der Waals surface area contributed by atoms with Gasteiger partial charge in [0.1, 0.15) is 0 Å². The number of alkyl halides is 6. The Labute approximate surface area is 201 Å². The number of rotatable bonds is 9. The Bertz CT molecular complexity index is 906. The van der Waals surface area contributed by atoms with Gasteiger partial charge in [0.05, 0.1) is 37.1 Å². The lowest BCUT2D eigenvalue weighted by atomic mass is 9.78. The summed E-state index contributed by atoms with van der Waals surface area (Å²) >= 11 is 0. The third-order valence-corrected chi connectivity index (χ3v) is 6.27. The van der Waals surface area contributed by atoms with Crippen molar-refractivity contribution in [3.8, 4) is 0 Å². The van der Waals surface area contributed by atoms with E-state index >= 15 is 0 Å². The van der Waals surface area contributed by atoms with Gasteiger partial charge in [0, 0.05) is 5.41 Å². The van der Waals surface area contributed by atoms with Crippen molar-refractivity contribution in [2.75, 3.05) is 19.8 Å². The molecule has 2 atom stereocenters. The molecule has 194 valence electrons. The summed E-state index contributed by atoms with van der Waals surface area (Å²) in [5.41, 5.74) is -2.42. The zero-order valence-electron chi connectivity index (χ0n) is 19.7. The summed E-state index contributed by atoms with van der Waals surface area (Å²) < 4.78 is 96.7. The maximum atomic E-state index is 13.3. The molecule has 1 fully saturated rings. The maximum absolute atomic E-state index is 13.3. The zero-order chi connectivity index (χ0) is 25.7. The fourth-order valence-electron chi connectivity index (χ4n) is 4.12. The predicted octanol–water partition coefficient (Wildman–Crippen LogP) is 7.69. The molecular formula is C26H30F6O3. The van der Waals surface area contributed by atoms with Gasteiger partial charge in [0.15, 0.2) is 6.29 Å². The summed E-state index contributed by atoms with van der Waals surface area (Å²) in [6, 6.07) is 11.1. The SMILES string of the molecule is C[C@@H](OC[C@](C)(CCCC1OCCCO1)c1ccccc1)c1cc(C(F)(F)F)cc(C(F)(F)F)c1. The smallest absolute Gasteiger partial charge is 0.373 e. The van der Waals surface area contributed by atoms with Crippen molar-refractivity contribution in [3.63, 3.8) is 0 Å². The van der Waals surface area contributed by atoms with Crippen molar-refractivity contribution in [3.05, 3.63) is 70.8 Å². The predicted molar refractivity (Wildman–Crippen MR) is 119 cm³/mol. The Balaban J connectivity index is 1.76. The monoisotopic (exact) mass is 504 g/mol. The lowest BCUT2D eigenvalue weighted by molar-refractivity contribution is -0.182. The van der Waals surface area contributed by atoms with Gasteiger partial charge < -0.3 is 14.2 Å². The van der Waals surface area contributed by atoms with Crippen LogP contribution in [0, 0.1) is 0 Å². The topological polar surface area (TPSA) is 27.7 Å². The Hall–Kier alpha value is -2.10. The number of hydrogen-bond donors (Lipinski definition) is 0. The van der Waals surface area contributed by atoms with Crippen LogP contribution >= 0.6 is 0 Å². The molecule has 0 amide bonds. The van der Waals surface area contributed by atoms with Gasteiger partial charge in [-0.05, 0) is 61.9 Å². The maximum Gasteiger partial charge on any atom is 0.416 e. The molecule has 3 rings (SSSR count). The minimum Gasteiger partial charge on any atom is -0.373 e. The van der Waals surface area contributed by atoms with Crippen LogP contribution in [0.3, 0.4) is 0 Å². The molecule has 0 bridgehead atoms. The van der Waals surface area contributed by atoms with E-state index in [2.05, 4.69) is 0 Å². The quantitative estimate of drug-likeness (QED) is 0.328. The molecule has 1 aliphatic rings. The van der Waals surface area contributed by atoms with Gasteiger partial charge in [-0.1, -0.05) is 37.3 Å². The van der Waals surface area contributed by atoms with Crippen molar-refractivity contribution in [1.82, 2.24) is 0 Å². The second-order valence-corrected chi connectivity index (χ2v) is 9.14. The van der Waals surface area contributed by atoms with Crippen molar-refractivity contribution >= 4 is 0 Å². The van der Waals surface area contributed by atoms with Crippen molar-refractivity contribution < 1.29 is 40.6 Å². The summed E-state index contributed by atoms with van der Waals surface area (Å²) in [5.74, 6) is 0. The number of benzene rings is 2. The number of halogens is 6. The van der Waals surface area contributed by atoms with Crippen LogP contribution in [-0.4, -0.2) is 26.1 Å². The number of hydrogen-bond acceptors (Lipinski definition) is 3. The fourth-order valence-corrected chi connectivity index (χ4v) is 4.12. The van der Waals surface area contributed by atoms with Gasteiger partial charge in [-0.15, -0.1) is 0 Å². The van der Waals surface area contributed by atoms with E-state index in [0.29, 0.717) is 26.1 Å². The molecule has 3 nitrogen and oxygen atoms in total. The molecule has 1 saturated heterocycles. The average molecular weight is 505 g/mol. The van der Waals surface area contributed by atoms with Gasteiger partial charge in [-0.2, -0.15) is 26.3 Å². The van der Waals surface area contributed by atoms with E-state index in [1.54, 1.807) is 0 Å². The molecule has 0 aromatic heterocycles. The highest BCUT2D eigenvalue weighted by Gasteiger charge is 2.37. The Morgan fingerprint density at radius 1 is 0.886 bits per heavy atom. The molecule has 0 saturated carbocycles. The van der Waals surface area contributed by atoms with Crippen LogP contribution in [0.25, 0.3) is 0 Å². The normalized spacial score (nSPS) is 18.3. The van der Waals surface area contributed by atoms with Gasteiger partial charge in [-0.25, -0.2) is 0 Å². The zero-order valence-corrected chi connectivity index (χ0v) is 19.7. The molecule has 0 spiro atoms. The molecule has 0 radical (unpaired) electrons. The largest absolute Gasteiger partial charge is 0.416 e. The molecular weight excluding hydrogens is 474 g/mol. The van der Waals surface area contributed by atoms with Crippen molar-refractivity contribution in [2.24, 2.45) is 0 Å². The van der Waals surface area contributed by atoms with Crippen LogP contribution in [0.15, 0.2) is 48.5 Å². The first-order valence-electron chi connectivity index (χ1n) is 11.6. The van der Waals surface area contributed by atoms with E-state index in [-0.39, 0.29) is 24.5 Å². The summed E-state index contributed by atoms with van der Waals surface area (Å²) in [6.07, 6.45) is -8.11. The first-order valence-corrected chi connectivity index (χ1v) is 11.6. The lowest BCUT2D eigenvalue weighted by Gasteiger charge is -2.33. The van der Waals surface area contributed by atoms with Crippen LogP contribution in [-0.2, 0) is 32.0 Å². The lowest BCUT2D eigenvalue weighted by Crippen LogP contribution is -2.30. The summed E-state index contributed by atoms with van der Waals surface area (Å²) in [4.78, 5) is 0. The van der Waals surface area contributed by atoms with Gasteiger partial charge in [0.25, 0.3) is 0 Å². The molecule has 0 unspecified atom stereocenters. The summed E-state index contributed by atoms with van der Waals surface area (Å²) in [7, 11) is 0. The molecule has 0 aliphatic carbocycles. The Morgan fingerprint density at radius 3 is 2.00 bits per heavy atom. The van der Waals surface area contributed by atoms with Gasteiger partial charge in [0.2, 0.25) is 0 Å².